The third-order valence-corrected chi connectivity index (χ3v) is 5.19. The van der Waals surface area contributed by atoms with Gasteiger partial charge in [0.1, 0.15) is 11.1 Å². The van der Waals surface area contributed by atoms with Gasteiger partial charge in [-0.2, -0.15) is 5.26 Å². The maximum Gasteiger partial charge on any atom is 0.134 e. The van der Waals surface area contributed by atoms with Crippen molar-refractivity contribution in [2.75, 3.05) is 0 Å². The van der Waals surface area contributed by atoms with Gasteiger partial charge in [0.15, 0.2) is 0 Å². The summed E-state index contributed by atoms with van der Waals surface area (Å²) in [5, 5.41) is 10.2. The van der Waals surface area contributed by atoms with Crippen LogP contribution in [0.25, 0.3) is 0 Å². The van der Waals surface area contributed by atoms with Crippen LogP contribution in [0.1, 0.15) is 34.4 Å². The van der Waals surface area contributed by atoms with Crippen molar-refractivity contribution in [3.05, 3.63) is 50.3 Å². The summed E-state index contributed by atoms with van der Waals surface area (Å²) in [6.45, 7) is 0. The first kappa shape index (κ1) is 13.5. The lowest BCUT2D eigenvalue weighted by Gasteiger charge is -2.09. The molecule has 2 nitrogen and oxygen atoms in total. The maximum absolute atomic E-state index is 9.37. The number of rotatable bonds is 2. The van der Waals surface area contributed by atoms with Crippen LogP contribution in [0.5, 0.6) is 0 Å². The van der Waals surface area contributed by atoms with E-state index in [4.69, 9.17) is 0 Å². The predicted octanol–water partition coefficient (Wildman–Crippen LogP) is 5.01. The van der Waals surface area contributed by atoms with E-state index < -0.39 is 0 Å². The average Bonchev–Trinajstić information content (AvgIpc) is 2.84. The van der Waals surface area contributed by atoms with Crippen LogP contribution in [0.3, 0.4) is 0 Å². The summed E-state index contributed by atoms with van der Waals surface area (Å²) < 4.78 is 1.05. The molecular weight excluding hydrogens is 332 g/mol. The first-order valence-electron chi connectivity index (χ1n) is 6.62. The van der Waals surface area contributed by atoms with Gasteiger partial charge in [0.05, 0.1) is 5.56 Å². The fourth-order valence-corrected chi connectivity index (χ4v) is 3.89. The molecule has 0 saturated heterocycles. The van der Waals surface area contributed by atoms with Gasteiger partial charge < -0.3 is 0 Å². The molecule has 0 radical (unpaired) electrons. The standard InChI is InChI=1S/C16H13BrN2S/c17-12-7-5-11(6-8-12)10-19-16-14(9-18)13-3-1-2-4-15(13)20-16/h5-8,10H,1-4H2/b19-10+. The van der Waals surface area contributed by atoms with E-state index >= 15 is 0 Å². The molecule has 0 atom stereocenters. The Balaban J connectivity index is 1.93. The molecule has 1 heterocycles. The molecule has 0 spiro atoms. The zero-order chi connectivity index (χ0) is 13.9. The number of nitriles is 1. The minimum absolute atomic E-state index is 0.790. The fourth-order valence-electron chi connectivity index (χ4n) is 2.44. The van der Waals surface area contributed by atoms with Crippen molar-refractivity contribution in [2.45, 2.75) is 25.7 Å². The van der Waals surface area contributed by atoms with Gasteiger partial charge >= 0.3 is 0 Å². The molecule has 0 amide bonds. The second-order valence-electron chi connectivity index (χ2n) is 4.81. The van der Waals surface area contributed by atoms with E-state index in [0.717, 1.165) is 33.4 Å². The number of thiophene rings is 1. The second-order valence-corrected chi connectivity index (χ2v) is 6.81. The van der Waals surface area contributed by atoms with E-state index in [-0.39, 0.29) is 0 Å². The largest absolute Gasteiger partial charge is 0.244 e. The topological polar surface area (TPSA) is 36.1 Å². The molecule has 0 saturated carbocycles. The molecular formula is C16H13BrN2S. The van der Waals surface area contributed by atoms with Crippen molar-refractivity contribution < 1.29 is 0 Å². The number of hydrogen-bond acceptors (Lipinski definition) is 3. The zero-order valence-corrected chi connectivity index (χ0v) is 13.3. The highest BCUT2D eigenvalue weighted by Gasteiger charge is 2.19. The third-order valence-electron chi connectivity index (χ3n) is 3.47. The molecule has 20 heavy (non-hydrogen) atoms. The predicted molar refractivity (Wildman–Crippen MR) is 87.1 cm³/mol. The number of aryl methyl sites for hydroxylation is 1. The molecule has 1 aromatic heterocycles. The van der Waals surface area contributed by atoms with Gasteiger partial charge in [-0.15, -0.1) is 11.3 Å². The minimum Gasteiger partial charge on any atom is -0.244 e. The van der Waals surface area contributed by atoms with Crippen LogP contribution < -0.4 is 0 Å². The van der Waals surface area contributed by atoms with Crippen LogP contribution in [0.15, 0.2) is 33.7 Å². The second kappa shape index (κ2) is 5.90. The zero-order valence-electron chi connectivity index (χ0n) is 10.9. The Kier molecular flexibility index (Phi) is 4.00. The summed E-state index contributed by atoms with van der Waals surface area (Å²) in [5.74, 6) is 0. The van der Waals surface area contributed by atoms with E-state index in [1.54, 1.807) is 11.3 Å². The number of fused-ring (bicyclic) bond motifs is 1. The van der Waals surface area contributed by atoms with Crippen LogP contribution in [-0.2, 0) is 12.8 Å². The summed E-state index contributed by atoms with van der Waals surface area (Å²) in [5.41, 5.74) is 3.08. The summed E-state index contributed by atoms with van der Waals surface area (Å²) in [4.78, 5) is 5.89. The van der Waals surface area contributed by atoms with E-state index in [2.05, 4.69) is 27.0 Å². The van der Waals surface area contributed by atoms with Crippen LogP contribution in [0.4, 0.5) is 5.00 Å². The average molecular weight is 345 g/mol. The van der Waals surface area contributed by atoms with Crippen molar-refractivity contribution in [2.24, 2.45) is 4.99 Å². The lowest BCUT2D eigenvalue weighted by Crippen LogP contribution is -1.99. The Labute approximate surface area is 130 Å². The normalized spacial score (nSPS) is 14.2. The lowest BCUT2D eigenvalue weighted by molar-refractivity contribution is 0.696. The SMILES string of the molecule is N#Cc1c(/N=C/c2ccc(Br)cc2)sc2c1CCCC2. The quantitative estimate of drug-likeness (QED) is 0.705. The molecule has 0 bridgehead atoms. The summed E-state index contributed by atoms with van der Waals surface area (Å²) >= 11 is 5.10. The lowest BCUT2D eigenvalue weighted by atomic mass is 9.96. The Bertz CT molecular complexity index is 693. The first-order valence-corrected chi connectivity index (χ1v) is 8.23. The molecule has 1 aromatic carbocycles. The monoisotopic (exact) mass is 344 g/mol. The van der Waals surface area contributed by atoms with Gasteiger partial charge in [-0.3, -0.25) is 0 Å². The minimum atomic E-state index is 0.790. The van der Waals surface area contributed by atoms with Crippen LogP contribution in [0.2, 0.25) is 0 Å². The molecule has 0 aliphatic heterocycles. The third kappa shape index (κ3) is 2.70. The number of halogens is 1. The van der Waals surface area contributed by atoms with E-state index in [9.17, 15) is 5.26 Å². The van der Waals surface area contributed by atoms with Gasteiger partial charge in [-0.25, -0.2) is 4.99 Å². The van der Waals surface area contributed by atoms with Gasteiger partial charge in [0, 0.05) is 15.6 Å². The van der Waals surface area contributed by atoms with Gasteiger partial charge in [0.25, 0.3) is 0 Å². The van der Waals surface area contributed by atoms with Gasteiger partial charge in [-0.1, -0.05) is 28.1 Å². The van der Waals surface area contributed by atoms with E-state index in [1.807, 2.05) is 30.5 Å². The van der Waals surface area contributed by atoms with E-state index in [1.165, 1.54) is 23.3 Å². The first-order chi connectivity index (χ1) is 9.78. The van der Waals surface area contributed by atoms with Crippen molar-refractivity contribution >= 4 is 38.5 Å². The summed E-state index contributed by atoms with van der Waals surface area (Å²) in [6, 6.07) is 10.3. The molecule has 0 fully saturated rings. The molecule has 0 N–H and O–H groups in total. The highest BCUT2D eigenvalue weighted by Crippen LogP contribution is 2.39. The van der Waals surface area contributed by atoms with Gasteiger partial charge in [0.2, 0.25) is 0 Å². The maximum atomic E-state index is 9.37. The fraction of sp³-hybridized carbons (Fsp3) is 0.250. The number of hydrogen-bond donors (Lipinski definition) is 0. The Morgan fingerprint density at radius 1 is 1.20 bits per heavy atom. The Morgan fingerprint density at radius 2 is 1.95 bits per heavy atom. The number of benzene rings is 1. The van der Waals surface area contributed by atoms with Gasteiger partial charge in [-0.05, 0) is 48.9 Å². The molecule has 2 aromatic rings. The Hall–Kier alpha value is -1.44. The highest BCUT2D eigenvalue weighted by molar-refractivity contribution is 9.10. The van der Waals surface area contributed by atoms with Crippen LogP contribution >= 0.6 is 27.3 Å². The van der Waals surface area contributed by atoms with Crippen LogP contribution in [0, 0.1) is 11.3 Å². The van der Waals surface area contributed by atoms with Crippen molar-refractivity contribution in [1.29, 1.82) is 5.26 Å². The molecule has 0 unspecified atom stereocenters. The molecule has 3 rings (SSSR count). The summed E-state index contributed by atoms with van der Waals surface area (Å²) in [6.07, 6.45) is 6.39. The molecule has 4 heteroatoms. The van der Waals surface area contributed by atoms with Crippen LogP contribution in [-0.4, -0.2) is 6.21 Å². The highest BCUT2D eigenvalue weighted by atomic mass is 79.9. The van der Waals surface area contributed by atoms with E-state index in [0.29, 0.717) is 0 Å². The van der Waals surface area contributed by atoms with Crippen molar-refractivity contribution in [1.82, 2.24) is 0 Å². The summed E-state index contributed by atoms with van der Waals surface area (Å²) in [7, 11) is 0. The molecule has 100 valence electrons. The molecule has 1 aliphatic rings. The van der Waals surface area contributed by atoms with Crippen molar-refractivity contribution in [3.63, 3.8) is 0 Å². The number of nitrogens with zero attached hydrogens (tertiary/aromatic N) is 2. The smallest absolute Gasteiger partial charge is 0.134 e. The van der Waals surface area contributed by atoms with Crippen molar-refractivity contribution in [3.8, 4) is 6.07 Å². The number of aliphatic imine (C=N–C) groups is 1. The molecule has 1 aliphatic carbocycles. The Morgan fingerprint density at radius 3 is 2.70 bits per heavy atom.